The van der Waals surface area contributed by atoms with Crippen LogP contribution in [0.25, 0.3) is 6.08 Å². The van der Waals surface area contributed by atoms with Crippen LogP contribution in [0, 0.1) is 11.7 Å². The molecule has 3 heterocycles. The molecule has 1 spiro atoms. The van der Waals surface area contributed by atoms with E-state index in [9.17, 15) is 23.6 Å². The topological polar surface area (TPSA) is 96.0 Å². The minimum Gasteiger partial charge on any atom is -0.381 e. The number of amides is 4. The minimum atomic E-state index is -1.96. The second-order valence-electron chi connectivity index (χ2n) is 11.4. The largest absolute Gasteiger partial charge is 0.381 e. The Kier molecular flexibility index (Phi) is 6.78. The van der Waals surface area contributed by atoms with Crippen molar-refractivity contribution in [2.24, 2.45) is 5.92 Å². The van der Waals surface area contributed by atoms with Crippen molar-refractivity contribution in [3.8, 4) is 0 Å². The number of allylic oxidation sites excluding steroid dienone is 1. The zero-order valence-electron chi connectivity index (χ0n) is 23.0. The maximum Gasteiger partial charge on any atom is 0.268 e. The summed E-state index contributed by atoms with van der Waals surface area (Å²) >= 11 is 3.22. The van der Waals surface area contributed by atoms with E-state index in [-0.39, 0.29) is 35.1 Å². The van der Waals surface area contributed by atoms with Crippen LogP contribution in [-0.4, -0.2) is 46.8 Å². The minimum absolute atomic E-state index is 0.0787. The lowest BCUT2D eigenvalue weighted by Gasteiger charge is -2.38. The molecule has 0 radical (unpaired) electrons. The first-order valence-corrected chi connectivity index (χ1v) is 15.0. The Balaban J connectivity index is 1.25. The number of hydrazine groups is 1. The van der Waals surface area contributed by atoms with Gasteiger partial charge >= 0.3 is 0 Å². The number of benzene rings is 3. The van der Waals surface area contributed by atoms with Gasteiger partial charge in [0.2, 0.25) is 5.91 Å². The van der Waals surface area contributed by atoms with Crippen molar-refractivity contribution in [1.29, 1.82) is 0 Å². The van der Waals surface area contributed by atoms with E-state index < -0.39 is 41.3 Å². The average Bonchev–Trinajstić information content (AvgIpc) is 3.50. The molecule has 0 bridgehead atoms. The van der Waals surface area contributed by atoms with E-state index in [1.165, 1.54) is 18.2 Å². The molecule has 1 aliphatic carbocycles. The van der Waals surface area contributed by atoms with Gasteiger partial charge in [-0.15, -0.1) is 0 Å². The van der Waals surface area contributed by atoms with E-state index in [1.807, 2.05) is 24.3 Å². The molecule has 3 aromatic rings. The molecule has 8 nitrogen and oxygen atoms in total. The molecule has 218 valence electrons. The number of nitrogens with one attached hydrogen (secondary N) is 1. The van der Waals surface area contributed by atoms with Crippen LogP contribution in [0.15, 0.2) is 76.9 Å². The molecule has 0 saturated carbocycles. The molecule has 43 heavy (non-hydrogen) atoms. The van der Waals surface area contributed by atoms with E-state index in [0.717, 1.165) is 33.9 Å². The number of carbonyl (C=O) groups is 4. The highest BCUT2D eigenvalue weighted by molar-refractivity contribution is 9.10. The van der Waals surface area contributed by atoms with E-state index in [0.29, 0.717) is 23.4 Å². The SMILES string of the molecule is O=C1c2ccccc2C2(CC(=O)N(NC3=Cc4ccccc4C3C3CCOCC3)C2=O)C(=O)N1Cc1ccc(Br)cc1F. The van der Waals surface area contributed by atoms with Gasteiger partial charge in [-0.2, -0.15) is 5.01 Å². The third-order valence-electron chi connectivity index (χ3n) is 9.01. The lowest BCUT2D eigenvalue weighted by atomic mass is 9.72. The van der Waals surface area contributed by atoms with E-state index in [1.54, 1.807) is 24.3 Å². The third-order valence-corrected chi connectivity index (χ3v) is 9.50. The second kappa shape index (κ2) is 10.5. The second-order valence-corrected chi connectivity index (χ2v) is 12.3. The van der Waals surface area contributed by atoms with Gasteiger partial charge in [0, 0.05) is 40.4 Å². The van der Waals surface area contributed by atoms with Crippen molar-refractivity contribution in [2.75, 3.05) is 13.2 Å². The van der Waals surface area contributed by atoms with Gasteiger partial charge in [0.1, 0.15) is 5.82 Å². The molecular weight excluding hydrogens is 617 g/mol. The van der Waals surface area contributed by atoms with Crippen molar-refractivity contribution in [2.45, 2.75) is 37.1 Å². The molecule has 10 heteroatoms. The molecule has 3 aliphatic heterocycles. The maximum atomic E-state index is 14.8. The summed E-state index contributed by atoms with van der Waals surface area (Å²) < 4.78 is 20.9. The molecule has 2 saturated heterocycles. The fourth-order valence-electron chi connectivity index (χ4n) is 6.90. The molecule has 1 N–H and O–H groups in total. The Bertz CT molecular complexity index is 1730. The summed E-state index contributed by atoms with van der Waals surface area (Å²) in [5, 5.41) is 0.937. The zero-order valence-corrected chi connectivity index (χ0v) is 24.6. The highest BCUT2D eigenvalue weighted by Crippen LogP contribution is 2.47. The number of imide groups is 2. The monoisotopic (exact) mass is 643 g/mol. The number of carbonyl (C=O) groups excluding carboxylic acids is 4. The first-order chi connectivity index (χ1) is 20.8. The number of halogens is 2. The molecule has 2 unspecified atom stereocenters. The van der Waals surface area contributed by atoms with Gasteiger partial charge in [-0.05, 0) is 59.7 Å². The summed E-state index contributed by atoms with van der Waals surface area (Å²) in [6, 6.07) is 18.6. The van der Waals surface area contributed by atoms with Crippen LogP contribution in [0.1, 0.15) is 57.8 Å². The number of hydrogen-bond acceptors (Lipinski definition) is 6. The molecule has 7 rings (SSSR count). The highest BCUT2D eigenvalue weighted by atomic mass is 79.9. The number of fused-ring (bicyclic) bond motifs is 3. The summed E-state index contributed by atoms with van der Waals surface area (Å²) in [6.45, 7) is 0.888. The van der Waals surface area contributed by atoms with E-state index in [2.05, 4.69) is 27.4 Å². The average molecular weight is 644 g/mol. The van der Waals surface area contributed by atoms with Crippen molar-refractivity contribution in [3.05, 3.63) is 111 Å². The third kappa shape index (κ3) is 4.34. The summed E-state index contributed by atoms with van der Waals surface area (Å²) in [6.07, 6.45) is 3.16. The van der Waals surface area contributed by atoms with E-state index in [4.69, 9.17) is 4.74 Å². The Hall–Kier alpha value is -4.15. The molecule has 2 atom stereocenters. The van der Waals surface area contributed by atoms with Gasteiger partial charge in [-0.1, -0.05) is 64.5 Å². The smallest absolute Gasteiger partial charge is 0.268 e. The van der Waals surface area contributed by atoms with Crippen molar-refractivity contribution in [1.82, 2.24) is 15.3 Å². The lowest BCUT2D eigenvalue weighted by molar-refractivity contribution is -0.147. The normalized spacial score (nSPS) is 23.6. The van der Waals surface area contributed by atoms with Gasteiger partial charge < -0.3 is 4.74 Å². The van der Waals surface area contributed by atoms with Crippen molar-refractivity contribution < 1.29 is 28.3 Å². The Morgan fingerprint density at radius 2 is 1.70 bits per heavy atom. The van der Waals surface area contributed by atoms with Gasteiger partial charge in [-0.3, -0.25) is 29.5 Å². The maximum absolute atomic E-state index is 14.8. The number of ether oxygens (including phenoxy) is 1. The molecule has 3 aromatic carbocycles. The molecule has 4 aliphatic rings. The predicted molar refractivity (Wildman–Crippen MR) is 157 cm³/mol. The van der Waals surface area contributed by atoms with Gasteiger partial charge in [0.25, 0.3) is 17.7 Å². The van der Waals surface area contributed by atoms with Crippen LogP contribution in [0.3, 0.4) is 0 Å². The molecule has 2 fully saturated rings. The van der Waals surface area contributed by atoms with Gasteiger partial charge in [0.15, 0.2) is 5.41 Å². The van der Waals surface area contributed by atoms with Crippen LogP contribution in [0.4, 0.5) is 4.39 Å². The summed E-state index contributed by atoms with van der Waals surface area (Å²) in [7, 11) is 0. The molecular formula is C33H27BrFN3O5. The Labute approximate surface area is 255 Å². The van der Waals surface area contributed by atoms with Crippen molar-refractivity contribution in [3.63, 3.8) is 0 Å². The zero-order chi connectivity index (χ0) is 29.9. The fraction of sp³-hybridized carbons (Fsp3) is 0.273. The summed E-state index contributed by atoms with van der Waals surface area (Å²) in [5.41, 5.74) is 4.41. The van der Waals surface area contributed by atoms with Gasteiger partial charge in [0.05, 0.1) is 13.0 Å². The quantitative estimate of drug-likeness (QED) is 0.316. The first kappa shape index (κ1) is 27.7. The summed E-state index contributed by atoms with van der Waals surface area (Å²) in [5.74, 6) is -3.27. The fourth-order valence-corrected chi connectivity index (χ4v) is 7.24. The van der Waals surface area contributed by atoms with Crippen molar-refractivity contribution >= 4 is 45.6 Å². The first-order valence-electron chi connectivity index (χ1n) is 14.2. The molecule has 0 aromatic heterocycles. The van der Waals surface area contributed by atoms with Crippen LogP contribution < -0.4 is 5.43 Å². The van der Waals surface area contributed by atoms with Crippen LogP contribution >= 0.6 is 15.9 Å². The predicted octanol–water partition coefficient (Wildman–Crippen LogP) is 4.84. The van der Waals surface area contributed by atoms with Gasteiger partial charge in [-0.25, -0.2) is 4.39 Å². The van der Waals surface area contributed by atoms with E-state index >= 15 is 0 Å². The molecule has 4 amide bonds. The van der Waals surface area contributed by atoms with Crippen LogP contribution in [0.2, 0.25) is 0 Å². The number of nitrogens with zero attached hydrogens (tertiary/aromatic N) is 2. The summed E-state index contributed by atoms with van der Waals surface area (Å²) in [4.78, 5) is 56.8. The standard InChI is InChI=1S/C33H27BrFN3O5/c34-22-10-9-21(26(35)16-22)18-37-30(40)24-7-3-4-8-25(24)33(31(37)41)17-28(39)38(32(33)42)36-27-15-20-5-1-2-6-23(20)29(27)19-11-13-43-14-12-19/h1-10,15-16,19,29,36H,11-14,17-18H2. The number of hydrogen-bond donors (Lipinski definition) is 1. The van der Waals surface area contributed by atoms with Crippen LogP contribution in [-0.2, 0) is 31.1 Å². The Morgan fingerprint density at radius 3 is 2.49 bits per heavy atom. The van der Waals surface area contributed by atoms with Crippen LogP contribution in [0.5, 0.6) is 0 Å². The Morgan fingerprint density at radius 1 is 0.953 bits per heavy atom. The lowest BCUT2D eigenvalue weighted by Crippen LogP contribution is -2.58. The number of rotatable bonds is 5. The highest BCUT2D eigenvalue weighted by Gasteiger charge is 2.63.